The number of rotatable bonds is 5. The van der Waals surface area contributed by atoms with E-state index in [9.17, 15) is 18.3 Å². The molecule has 0 spiro atoms. The number of alkyl halides is 3. The van der Waals surface area contributed by atoms with Gasteiger partial charge in [-0.1, -0.05) is 0 Å². The van der Waals surface area contributed by atoms with E-state index in [2.05, 4.69) is 0 Å². The first kappa shape index (κ1) is 18.7. The number of hydrogen-bond acceptors (Lipinski definition) is 4. The van der Waals surface area contributed by atoms with Crippen molar-refractivity contribution in [1.82, 2.24) is 0 Å². The van der Waals surface area contributed by atoms with Crippen LogP contribution in [0.15, 0.2) is 12.1 Å². The molecule has 0 aromatic heterocycles. The van der Waals surface area contributed by atoms with E-state index in [0.717, 1.165) is 0 Å². The molecule has 0 heterocycles. The minimum absolute atomic E-state index is 0. The molecule has 0 saturated carbocycles. The Bertz CT molecular complexity index is 441. The Kier molecular flexibility index (Phi) is 6.95. The lowest BCUT2D eigenvalue weighted by atomic mass is 10.00. The summed E-state index contributed by atoms with van der Waals surface area (Å²) < 4.78 is 46.4. The molecule has 0 saturated heterocycles. The standard InChI is InChI=1S/C12H16F3NO3.ClH/c1-18-7-5-9(17)11(10(6-7)19-2)8(16)3-4-12(13,14)15;/h5-6,8,17H,3-4,16H2,1-2H3;1H/t8-;/m1./s1. The van der Waals surface area contributed by atoms with E-state index in [1.54, 1.807) is 0 Å². The van der Waals surface area contributed by atoms with Gasteiger partial charge in [0.05, 0.1) is 19.8 Å². The Hall–Kier alpha value is -1.34. The Labute approximate surface area is 121 Å². The molecule has 0 aliphatic rings. The molecule has 1 rings (SSSR count). The zero-order chi connectivity index (χ0) is 14.6. The summed E-state index contributed by atoms with van der Waals surface area (Å²) in [5, 5.41) is 9.81. The summed E-state index contributed by atoms with van der Waals surface area (Å²) >= 11 is 0. The van der Waals surface area contributed by atoms with Gasteiger partial charge in [-0.05, 0) is 6.42 Å². The van der Waals surface area contributed by atoms with E-state index in [0.29, 0.717) is 5.75 Å². The van der Waals surface area contributed by atoms with Crippen molar-refractivity contribution in [2.75, 3.05) is 14.2 Å². The van der Waals surface area contributed by atoms with E-state index in [1.807, 2.05) is 0 Å². The van der Waals surface area contributed by atoms with Crippen molar-refractivity contribution in [2.45, 2.75) is 25.1 Å². The van der Waals surface area contributed by atoms with Crippen LogP contribution in [0.5, 0.6) is 17.2 Å². The van der Waals surface area contributed by atoms with Crippen molar-refractivity contribution in [2.24, 2.45) is 5.73 Å². The van der Waals surface area contributed by atoms with E-state index in [-0.39, 0.29) is 35.9 Å². The third-order valence-corrected chi connectivity index (χ3v) is 2.66. The van der Waals surface area contributed by atoms with Gasteiger partial charge in [0.1, 0.15) is 17.2 Å². The largest absolute Gasteiger partial charge is 0.507 e. The van der Waals surface area contributed by atoms with Crippen LogP contribution in [-0.4, -0.2) is 25.5 Å². The van der Waals surface area contributed by atoms with Gasteiger partial charge in [-0.15, -0.1) is 12.4 Å². The molecule has 3 N–H and O–H groups in total. The summed E-state index contributed by atoms with van der Waals surface area (Å²) in [7, 11) is 2.74. The number of halogens is 4. The first-order chi connectivity index (χ1) is 8.78. The van der Waals surface area contributed by atoms with Gasteiger partial charge in [0, 0.05) is 24.6 Å². The number of ether oxygens (including phenoxy) is 2. The summed E-state index contributed by atoms with van der Waals surface area (Å²) in [5.74, 6) is 0.290. The summed E-state index contributed by atoms with van der Waals surface area (Å²) in [4.78, 5) is 0. The molecule has 8 heteroatoms. The van der Waals surface area contributed by atoms with E-state index in [1.165, 1.54) is 26.4 Å². The molecule has 0 amide bonds. The number of hydrogen-bond donors (Lipinski definition) is 2. The van der Waals surface area contributed by atoms with Gasteiger partial charge in [0.25, 0.3) is 0 Å². The summed E-state index contributed by atoms with van der Waals surface area (Å²) in [6.45, 7) is 0. The van der Waals surface area contributed by atoms with Crippen LogP contribution in [0.25, 0.3) is 0 Å². The fourth-order valence-corrected chi connectivity index (χ4v) is 1.71. The van der Waals surface area contributed by atoms with Gasteiger partial charge < -0.3 is 20.3 Å². The van der Waals surface area contributed by atoms with Crippen molar-refractivity contribution in [3.63, 3.8) is 0 Å². The molecule has 0 aliphatic carbocycles. The molecule has 0 unspecified atom stereocenters. The van der Waals surface area contributed by atoms with Gasteiger partial charge in [-0.2, -0.15) is 13.2 Å². The number of benzene rings is 1. The number of nitrogens with two attached hydrogens (primary N) is 1. The average Bonchev–Trinajstić information content (AvgIpc) is 2.33. The average molecular weight is 316 g/mol. The third-order valence-electron chi connectivity index (χ3n) is 2.66. The fourth-order valence-electron chi connectivity index (χ4n) is 1.71. The highest BCUT2D eigenvalue weighted by atomic mass is 35.5. The highest BCUT2D eigenvalue weighted by Crippen LogP contribution is 2.39. The molecule has 1 atom stereocenters. The maximum atomic E-state index is 12.2. The molecule has 20 heavy (non-hydrogen) atoms. The van der Waals surface area contributed by atoms with Crippen LogP contribution in [0.3, 0.4) is 0 Å². The lowest BCUT2D eigenvalue weighted by Crippen LogP contribution is -2.16. The molecule has 0 bridgehead atoms. The third kappa shape index (κ3) is 4.97. The maximum Gasteiger partial charge on any atom is 0.389 e. The Morgan fingerprint density at radius 1 is 1.25 bits per heavy atom. The zero-order valence-electron chi connectivity index (χ0n) is 11.0. The lowest BCUT2D eigenvalue weighted by Gasteiger charge is -2.18. The van der Waals surface area contributed by atoms with Crippen LogP contribution >= 0.6 is 12.4 Å². The molecule has 4 nitrogen and oxygen atoms in total. The van der Waals surface area contributed by atoms with Crippen LogP contribution in [-0.2, 0) is 0 Å². The minimum Gasteiger partial charge on any atom is -0.507 e. The molecular formula is C12H17ClF3NO3. The molecule has 0 aliphatic heterocycles. The van der Waals surface area contributed by atoms with E-state index in [4.69, 9.17) is 15.2 Å². The predicted molar refractivity (Wildman–Crippen MR) is 70.7 cm³/mol. The Balaban J connectivity index is 0.00000361. The van der Waals surface area contributed by atoms with Gasteiger partial charge in [0.15, 0.2) is 0 Å². The number of phenols is 1. The maximum absolute atomic E-state index is 12.2. The summed E-state index contributed by atoms with van der Waals surface area (Å²) in [5.41, 5.74) is 5.84. The van der Waals surface area contributed by atoms with Crippen LogP contribution in [0.1, 0.15) is 24.4 Å². The van der Waals surface area contributed by atoms with Crippen molar-refractivity contribution < 1.29 is 27.8 Å². The number of methoxy groups -OCH3 is 2. The van der Waals surface area contributed by atoms with Crippen LogP contribution in [0, 0.1) is 0 Å². The minimum atomic E-state index is -4.28. The SMILES string of the molecule is COc1cc(O)c([C@H](N)CCC(F)(F)F)c(OC)c1.Cl. The zero-order valence-corrected chi connectivity index (χ0v) is 11.8. The van der Waals surface area contributed by atoms with Crippen molar-refractivity contribution in [3.8, 4) is 17.2 Å². The van der Waals surface area contributed by atoms with E-state index >= 15 is 0 Å². The first-order valence-corrected chi connectivity index (χ1v) is 5.55. The Morgan fingerprint density at radius 2 is 1.85 bits per heavy atom. The van der Waals surface area contributed by atoms with Gasteiger partial charge in [-0.25, -0.2) is 0 Å². The first-order valence-electron chi connectivity index (χ1n) is 5.55. The second kappa shape index (κ2) is 7.44. The highest BCUT2D eigenvalue weighted by molar-refractivity contribution is 5.85. The smallest absolute Gasteiger partial charge is 0.389 e. The molecule has 0 radical (unpaired) electrons. The summed E-state index contributed by atoms with van der Waals surface area (Å²) in [6.07, 6.45) is -5.64. The van der Waals surface area contributed by atoms with Crippen molar-refractivity contribution >= 4 is 12.4 Å². The summed E-state index contributed by atoms with van der Waals surface area (Å²) in [6, 6.07) is 1.77. The van der Waals surface area contributed by atoms with Gasteiger partial charge >= 0.3 is 6.18 Å². The van der Waals surface area contributed by atoms with Gasteiger partial charge in [-0.3, -0.25) is 0 Å². The molecule has 0 fully saturated rings. The highest BCUT2D eigenvalue weighted by Gasteiger charge is 2.29. The van der Waals surface area contributed by atoms with Crippen LogP contribution in [0.4, 0.5) is 13.2 Å². The molecule has 1 aromatic carbocycles. The monoisotopic (exact) mass is 315 g/mol. The van der Waals surface area contributed by atoms with Crippen molar-refractivity contribution in [1.29, 1.82) is 0 Å². The second-order valence-corrected chi connectivity index (χ2v) is 4.02. The van der Waals surface area contributed by atoms with Crippen LogP contribution in [0.2, 0.25) is 0 Å². The van der Waals surface area contributed by atoms with Crippen molar-refractivity contribution in [3.05, 3.63) is 17.7 Å². The molecule has 1 aromatic rings. The topological polar surface area (TPSA) is 64.7 Å². The fraction of sp³-hybridized carbons (Fsp3) is 0.500. The quantitative estimate of drug-likeness (QED) is 0.876. The number of phenolic OH excluding ortho intramolecular Hbond substituents is 1. The lowest BCUT2D eigenvalue weighted by molar-refractivity contribution is -0.136. The molecular weight excluding hydrogens is 299 g/mol. The molecule has 116 valence electrons. The predicted octanol–water partition coefficient (Wildman–Crippen LogP) is 3.17. The van der Waals surface area contributed by atoms with Gasteiger partial charge in [0.2, 0.25) is 0 Å². The normalized spacial score (nSPS) is 12.5. The number of aromatic hydroxyl groups is 1. The second-order valence-electron chi connectivity index (χ2n) is 4.02. The van der Waals surface area contributed by atoms with Crippen LogP contribution < -0.4 is 15.2 Å². The van der Waals surface area contributed by atoms with E-state index < -0.39 is 18.6 Å². The Morgan fingerprint density at radius 3 is 2.30 bits per heavy atom.